The van der Waals surface area contributed by atoms with Crippen LogP contribution in [0.25, 0.3) is 0 Å². The fourth-order valence-electron chi connectivity index (χ4n) is 2.04. The van der Waals surface area contributed by atoms with Crippen LogP contribution >= 0.6 is 0 Å². The maximum absolute atomic E-state index is 5.79. The molecule has 0 saturated carbocycles. The average Bonchev–Trinajstić information content (AvgIpc) is 2.43. The summed E-state index contributed by atoms with van der Waals surface area (Å²) in [7, 11) is 1.96. The minimum atomic E-state index is 0.345. The van der Waals surface area contributed by atoms with E-state index in [9.17, 15) is 0 Å². The number of likely N-dealkylation sites (N-methyl/N-ethyl adjacent to an activating group) is 1. The predicted octanol–water partition coefficient (Wildman–Crippen LogP) is 2.14. The van der Waals surface area contributed by atoms with Gasteiger partial charge in [0.1, 0.15) is 0 Å². The first-order valence-corrected chi connectivity index (χ1v) is 7.82. The van der Waals surface area contributed by atoms with Crippen LogP contribution in [0.2, 0.25) is 0 Å². The largest absolute Gasteiger partial charge is 0.377 e. The number of piperidine rings is 1. The van der Waals surface area contributed by atoms with E-state index in [0.717, 1.165) is 52.2 Å². The van der Waals surface area contributed by atoms with E-state index in [-0.39, 0.29) is 0 Å². The molecule has 0 aromatic heterocycles. The van der Waals surface area contributed by atoms with E-state index in [1.807, 2.05) is 20.9 Å². The molecule has 1 saturated heterocycles. The second-order valence-corrected chi connectivity index (χ2v) is 4.93. The quantitative estimate of drug-likeness (QED) is 0.688. The Morgan fingerprint density at radius 3 is 2.32 bits per heavy atom. The Morgan fingerprint density at radius 1 is 1.16 bits per heavy atom. The van der Waals surface area contributed by atoms with Crippen LogP contribution in [-0.2, 0) is 9.47 Å². The lowest BCUT2D eigenvalue weighted by Crippen LogP contribution is -2.39. The summed E-state index contributed by atoms with van der Waals surface area (Å²) >= 11 is 0. The van der Waals surface area contributed by atoms with Gasteiger partial charge in [0.15, 0.2) is 0 Å². The molecule has 1 fully saturated rings. The summed E-state index contributed by atoms with van der Waals surface area (Å²) in [6, 6.07) is 0. The third kappa shape index (κ3) is 10.3. The average molecular weight is 274 g/mol. The molecule has 0 unspecified atom stereocenters. The first-order valence-electron chi connectivity index (χ1n) is 7.82. The molecule has 1 N–H and O–H groups in total. The summed E-state index contributed by atoms with van der Waals surface area (Å²) < 4.78 is 11.4. The molecule has 116 valence electrons. The number of ether oxygens (including phenoxy) is 2. The molecule has 1 aliphatic heterocycles. The molecule has 0 aromatic rings. The van der Waals surface area contributed by atoms with Crippen molar-refractivity contribution in [2.75, 3.05) is 46.4 Å². The number of nitrogens with one attached hydrogen (secondary N) is 1. The molecule has 0 aromatic carbocycles. The molecule has 0 atom stereocenters. The van der Waals surface area contributed by atoms with Gasteiger partial charge in [-0.3, -0.25) is 0 Å². The zero-order valence-electron chi connectivity index (χ0n) is 13.6. The van der Waals surface area contributed by atoms with E-state index in [1.54, 1.807) is 0 Å². The van der Waals surface area contributed by atoms with Crippen molar-refractivity contribution in [1.29, 1.82) is 0 Å². The minimum absolute atomic E-state index is 0.345. The second-order valence-electron chi connectivity index (χ2n) is 4.93. The first-order chi connectivity index (χ1) is 9.22. The van der Waals surface area contributed by atoms with Gasteiger partial charge in [-0.25, -0.2) is 0 Å². The van der Waals surface area contributed by atoms with Gasteiger partial charge in [0.2, 0.25) is 0 Å². The Balaban J connectivity index is 0.00000154. The molecule has 0 spiro atoms. The maximum atomic E-state index is 5.79. The lowest BCUT2D eigenvalue weighted by molar-refractivity contribution is -0.00180. The summed E-state index contributed by atoms with van der Waals surface area (Å²) in [4.78, 5) is 2.47. The smallest absolute Gasteiger partial charge is 0.0600 e. The molecular formula is C15H34N2O2. The zero-order valence-corrected chi connectivity index (χ0v) is 13.6. The highest BCUT2D eigenvalue weighted by Crippen LogP contribution is 2.13. The van der Waals surface area contributed by atoms with E-state index < -0.39 is 0 Å². The SMILES string of the molecule is CC.CNCCOC1CCN(CCOC(C)C)CC1. The summed E-state index contributed by atoms with van der Waals surface area (Å²) in [5.74, 6) is 0. The standard InChI is InChI=1S/C13H28N2O2.C2H6/c1-12(2)16-11-9-15-7-4-13(5-8-15)17-10-6-14-3;1-2/h12-14H,4-11H2,1-3H3;1-2H3. The summed E-state index contributed by atoms with van der Waals surface area (Å²) in [6.07, 6.45) is 3.12. The van der Waals surface area contributed by atoms with Gasteiger partial charge in [-0.2, -0.15) is 0 Å². The highest BCUT2D eigenvalue weighted by molar-refractivity contribution is 4.72. The van der Waals surface area contributed by atoms with Crippen molar-refractivity contribution in [2.24, 2.45) is 0 Å². The monoisotopic (exact) mass is 274 g/mol. The lowest BCUT2D eigenvalue weighted by atomic mass is 10.1. The first kappa shape index (κ1) is 18.8. The van der Waals surface area contributed by atoms with Crippen LogP contribution in [-0.4, -0.2) is 63.5 Å². The van der Waals surface area contributed by atoms with Crippen LogP contribution in [0.1, 0.15) is 40.5 Å². The van der Waals surface area contributed by atoms with Gasteiger partial charge in [0, 0.05) is 26.2 Å². The van der Waals surface area contributed by atoms with Crippen molar-refractivity contribution in [3.05, 3.63) is 0 Å². The Labute approximate surface area is 119 Å². The van der Waals surface area contributed by atoms with Gasteiger partial charge in [-0.05, 0) is 33.7 Å². The molecule has 4 nitrogen and oxygen atoms in total. The van der Waals surface area contributed by atoms with Gasteiger partial charge in [0.05, 0.1) is 25.4 Å². The molecule has 0 radical (unpaired) electrons. The molecular weight excluding hydrogens is 240 g/mol. The molecule has 0 amide bonds. The van der Waals surface area contributed by atoms with E-state index in [4.69, 9.17) is 9.47 Å². The van der Waals surface area contributed by atoms with Crippen LogP contribution in [0.3, 0.4) is 0 Å². The van der Waals surface area contributed by atoms with Crippen molar-refractivity contribution >= 4 is 0 Å². The van der Waals surface area contributed by atoms with E-state index in [2.05, 4.69) is 24.1 Å². The third-order valence-electron chi connectivity index (χ3n) is 3.10. The molecule has 19 heavy (non-hydrogen) atoms. The Bertz CT molecular complexity index is 181. The van der Waals surface area contributed by atoms with E-state index in [0.29, 0.717) is 12.2 Å². The number of hydrogen-bond donors (Lipinski definition) is 1. The normalized spacial score (nSPS) is 17.4. The fraction of sp³-hybridized carbons (Fsp3) is 1.00. The summed E-state index contributed by atoms with van der Waals surface area (Å²) in [5.41, 5.74) is 0. The van der Waals surface area contributed by atoms with Crippen LogP contribution in [0, 0.1) is 0 Å². The van der Waals surface area contributed by atoms with Crippen LogP contribution < -0.4 is 5.32 Å². The van der Waals surface area contributed by atoms with Crippen molar-refractivity contribution in [2.45, 2.75) is 52.7 Å². The van der Waals surface area contributed by atoms with Gasteiger partial charge in [-0.1, -0.05) is 13.8 Å². The van der Waals surface area contributed by atoms with Crippen molar-refractivity contribution in [3.8, 4) is 0 Å². The van der Waals surface area contributed by atoms with Crippen molar-refractivity contribution < 1.29 is 9.47 Å². The zero-order chi connectivity index (χ0) is 14.5. The van der Waals surface area contributed by atoms with Gasteiger partial charge in [0.25, 0.3) is 0 Å². The number of hydrogen-bond acceptors (Lipinski definition) is 4. The van der Waals surface area contributed by atoms with Gasteiger partial charge < -0.3 is 19.7 Å². The highest BCUT2D eigenvalue weighted by Gasteiger charge is 2.19. The Hall–Kier alpha value is -0.160. The molecule has 1 heterocycles. The maximum Gasteiger partial charge on any atom is 0.0600 e. The fourth-order valence-corrected chi connectivity index (χ4v) is 2.04. The van der Waals surface area contributed by atoms with Crippen molar-refractivity contribution in [1.82, 2.24) is 10.2 Å². The van der Waals surface area contributed by atoms with Crippen LogP contribution in [0.5, 0.6) is 0 Å². The topological polar surface area (TPSA) is 33.7 Å². The lowest BCUT2D eigenvalue weighted by Gasteiger charge is -2.31. The number of nitrogens with zero attached hydrogens (tertiary/aromatic N) is 1. The number of likely N-dealkylation sites (tertiary alicyclic amines) is 1. The number of rotatable bonds is 8. The Kier molecular flexibility index (Phi) is 12.7. The van der Waals surface area contributed by atoms with Gasteiger partial charge in [-0.15, -0.1) is 0 Å². The van der Waals surface area contributed by atoms with Crippen LogP contribution in [0.15, 0.2) is 0 Å². The molecule has 0 bridgehead atoms. The summed E-state index contributed by atoms with van der Waals surface area (Å²) in [6.45, 7) is 14.1. The minimum Gasteiger partial charge on any atom is -0.377 e. The second kappa shape index (κ2) is 12.9. The molecule has 0 aliphatic carbocycles. The van der Waals surface area contributed by atoms with Gasteiger partial charge >= 0.3 is 0 Å². The highest BCUT2D eigenvalue weighted by atomic mass is 16.5. The third-order valence-corrected chi connectivity index (χ3v) is 3.10. The van der Waals surface area contributed by atoms with E-state index >= 15 is 0 Å². The summed E-state index contributed by atoms with van der Waals surface area (Å²) in [5, 5.41) is 3.10. The molecule has 1 aliphatic rings. The predicted molar refractivity (Wildman–Crippen MR) is 81.8 cm³/mol. The van der Waals surface area contributed by atoms with Crippen molar-refractivity contribution in [3.63, 3.8) is 0 Å². The molecule has 1 rings (SSSR count). The van der Waals surface area contributed by atoms with E-state index in [1.165, 1.54) is 0 Å². The molecule has 4 heteroatoms. The van der Waals surface area contributed by atoms with Crippen LogP contribution in [0.4, 0.5) is 0 Å². The Morgan fingerprint density at radius 2 is 1.79 bits per heavy atom.